The third kappa shape index (κ3) is 2.84. The van der Waals surface area contributed by atoms with Crippen LogP contribution in [0.3, 0.4) is 0 Å². The Morgan fingerprint density at radius 1 is 1.29 bits per heavy atom. The maximum Gasteiger partial charge on any atom is 0.151 e. The van der Waals surface area contributed by atoms with Gasteiger partial charge in [-0.3, -0.25) is 0 Å². The molecule has 0 aliphatic heterocycles. The summed E-state index contributed by atoms with van der Waals surface area (Å²) in [6.45, 7) is 1.84. The standard InChI is InChI=1S/C13H25NO2S/c1-9(17(3,15)16)13(14-2)8-12-7-10-4-5-11(12)6-10/h9-14H,4-8H2,1-3H3. The Hall–Kier alpha value is -0.0900. The lowest BCUT2D eigenvalue weighted by atomic mass is 9.83. The molecule has 0 heterocycles. The maximum absolute atomic E-state index is 11.6. The number of fused-ring (bicyclic) bond motifs is 2. The normalized spacial score (nSPS) is 36.1. The minimum Gasteiger partial charge on any atom is -0.316 e. The van der Waals surface area contributed by atoms with Gasteiger partial charge in [0.05, 0.1) is 5.25 Å². The smallest absolute Gasteiger partial charge is 0.151 e. The molecule has 0 spiro atoms. The Kier molecular flexibility index (Phi) is 3.83. The zero-order valence-electron chi connectivity index (χ0n) is 11.1. The molecular weight excluding hydrogens is 234 g/mol. The first kappa shape index (κ1) is 13.3. The minimum atomic E-state index is -2.93. The van der Waals surface area contributed by atoms with E-state index in [4.69, 9.17) is 0 Å². The van der Waals surface area contributed by atoms with Crippen molar-refractivity contribution in [3.63, 3.8) is 0 Å². The van der Waals surface area contributed by atoms with Gasteiger partial charge >= 0.3 is 0 Å². The first-order valence-electron chi connectivity index (χ1n) is 6.78. The average molecular weight is 259 g/mol. The van der Waals surface area contributed by atoms with Crippen molar-refractivity contribution in [3.05, 3.63) is 0 Å². The van der Waals surface area contributed by atoms with Gasteiger partial charge in [-0.2, -0.15) is 0 Å². The lowest BCUT2D eigenvalue weighted by Crippen LogP contribution is -2.42. The van der Waals surface area contributed by atoms with Gasteiger partial charge < -0.3 is 5.32 Å². The molecule has 0 aromatic carbocycles. The predicted octanol–water partition coefficient (Wildman–Crippen LogP) is 1.83. The van der Waals surface area contributed by atoms with Crippen molar-refractivity contribution in [1.82, 2.24) is 5.32 Å². The van der Waals surface area contributed by atoms with Crippen LogP contribution in [0, 0.1) is 17.8 Å². The zero-order valence-corrected chi connectivity index (χ0v) is 12.0. The summed E-state index contributed by atoms with van der Waals surface area (Å²) in [5.41, 5.74) is 0. The largest absolute Gasteiger partial charge is 0.316 e. The highest BCUT2D eigenvalue weighted by atomic mass is 32.2. The summed E-state index contributed by atoms with van der Waals surface area (Å²) in [6.07, 6.45) is 7.90. The van der Waals surface area contributed by atoms with Gasteiger partial charge in [-0.1, -0.05) is 6.42 Å². The summed E-state index contributed by atoms with van der Waals surface area (Å²) in [5, 5.41) is 2.94. The van der Waals surface area contributed by atoms with E-state index < -0.39 is 9.84 Å². The molecule has 2 bridgehead atoms. The summed E-state index contributed by atoms with van der Waals surface area (Å²) >= 11 is 0. The van der Waals surface area contributed by atoms with Gasteiger partial charge in [0.15, 0.2) is 9.84 Å². The molecule has 2 fully saturated rings. The van der Waals surface area contributed by atoms with E-state index in [9.17, 15) is 8.42 Å². The molecule has 17 heavy (non-hydrogen) atoms. The lowest BCUT2D eigenvalue weighted by molar-refractivity contribution is 0.280. The van der Waals surface area contributed by atoms with Crippen molar-refractivity contribution in [2.45, 2.75) is 50.3 Å². The van der Waals surface area contributed by atoms with E-state index in [1.54, 1.807) is 0 Å². The minimum absolute atomic E-state index is 0.120. The van der Waals surface area contributed by atoms with Crippen LogP contribution in [0.25, 0.3) is 0 Å². The monoisotopic (exact) mass is 259 g/mol. The van der Waals surface area contributed by atoms with E-state index >= 15 is 0 Å². The van der Waals surface area contributed by atoms with Gasteiger partial charge in [0.25, 0.3) is 0 Å². The Morgan fingerprint density at radius 3 is 2.41 bits per heavy atom. The molecule has 0 radical (unpaired) electrons. The molecule has 3 nitrogen and oxygen atoms in total. The van der Waals surface area contributed by atoms with Crippen LogP contribution in [0.5, 0.6) is 0 Å². The number of hydrogen-bond donors (Lipinski definition) is 1. The van der Waals surface area contributed by atoms with Crippen molar-refractivity contribution >= 4 is 9.84 Å². The van der Waals surface area contributed by atoms with Gasteiger partial charge in [-0.15, -0.1) is 0 Å². The summed E-state index contributed by atoms with van der Waals surface area (Å²) in [6, 6.07) is 0.120. The van der Waals surface area contributed by atoms with E-state index in [0.717, 1.165) is 24.2 Å². The highest BCUT2D eigenvalue weighted by Crippen LogP contribution is 2.50. The topological polar surface area (TPSA) is 46.2 Å². The van der Waals surface area contributed by atoms with Crippen LogP contribution in [0.4, 0.5) is 0 Å². The highest BCUT2D eigenvalue weighted by molar-refractivity contribution is 7.91. The molecule has 0 amide bonds. The number of nitrogens with one attached hydrogen (secondary N) is 1. The summed E-state index contributed by atoms with van der Waals surface area (Å²) in [5.74, 6) is 2.58. The van der Waals surface area contributed by atoms with Crippen molar-refractivity contribution in [3.8, 4) is 0 Å². The molecule has 1 N–H and O–H groups in total. The highest BCUT2D eigenvalue weighted by Gasteiger charge is 2.41. The number of hydrogen-bond acceptors (Lipinski definition) is 3. The molecule has 2 rings (SSSR count). The second kappa shape index (κ2) is 4.88. The maximum atomic E-state index is 11.6. The SMILES string of the molecule is CNC(CC1CC2CCC1C2)C(C)S(C)(=O)=O. The fourth-order valence-electron chi connectivity index (χ4n) is 3.83. The van der Waals surface area contributed by atoms with Gasteiger partial charge in [0.1, 0.15) is 0 Å². The van der Waals surface area contributed by atoms with E-state index in [1.807, 2.05) is 14.0 Å². The van der Waals surface area contributed by atoms with E-state index in [1.165, 1.54) is 31.9 Å². The molecule has 5 unspecified atom stereocenters. The number of rotatable bonds is 5. The van der Waals surface area contributed by atoms with Crippen LogP contribution in [-0.2, 0) is 9.84 Å². The molecule has 100 valence electrons. The van der Waals surface area contributed by atoms with Crippen LogP contribution in [0.15, 0.2) is 0 Å². The lowest BCUT2D eigenvalue weighted by Gasteiger charge is -2.29. The Labute approximate surface area is 105 Å². The first-order valence-corrected chi connectivity index (χ1v) is 8.73. The summed E-state index contributed by atoms with van der Waals surface area (Å²) in [7, 11) is -1.04. The predicted molar refractivity (Wildman–Crippen MR) is 70.7 cm³/mol. The van der Waals surface area contributed by atoms with E-state index in [2.05, 4.69) is 5.32 Å². The van der Waals surface area contributed by atoms with Gasteiger partial charge in [0.2, 0.25) is 0 Å². The fourth-order valence-corrected chi connectivity index (χ4v) is 4.68. The molecular formula is C13H25NO2S. The quantitative estimate of drug-likeness (QED) is 0.819. The molecule has 0 aromatic heterocycles. The van der Waals surface area contributed by atoms with Crippen LogP contribution in [0.2, 0.25) is 0 Å². The Morgan fingerprint density at radius 2 is 2.00 bits per heavy atom. The van der Waals surface area contributed by atoms with Gasteiger partial charge in [-0.25, -0.2) is 8.42 Å². The van der Waals surface area contributed by atoms with Gasteiger partial charge in [-0.05, 0) is 57.4 Å². The van der Waals surface area contributed by atoms with Crippen molar-refractivity contribution in [1.29, 1.82) is 0 Å². The third-order valence-corrected chi connectivity index (χ3v) is 6.73. The molecule has 0 saturated heterocycles. The summed E-state index contributed by atoms with van der Waals surface area (Å²) in [4.78, 5) is 0. The van der Waals surface area contributed by atoms with Crippen LogP contribution in [0.1, 0.15) is 39.0 Å². The van der Waals surface area contributed by atoms with Crippen molar-refractivity contribution < 1.29 is 8.42 Å². The fraction of sp³-hybridized carbons (Fsp3) is 1.00. The molecule has 2 aliphatic rings. The van der Waals surface area contributed by atoms with Crippen LogP contribution < -0.4 is 5.32 Å². The average Bonchev–Trinajstić information content (AvgIpc) is 2.85. The van der Waals surface area contributed by atoms with Gasteiger partial charge in [0, 0.05) is 12.3 Å². The van der Waals surface area contributed by atoms with E-state index in [-0.39, 0.29) is 11.3 Å². The third-order valence-electron chi connectivity index (χ3n) is 5.05. The summed E-state index contributed by atoms with van der Waals surface area (Å²) < 4.78 is 23.3. The molecule has 5 atom stereocenters. The second-order valence-corrected chi connectivity index (χ2v) is 8.50. The molecule has 0 aromatic rings. The Bertz CT molecular complexity index is 366. The molecule has 2 aliphatic carbocycles. The molecule has 4 heteroatoms. The van der Waals surface area contributed by atoms with E-state index in [0.29, 0.717) is 0 Å². The first-order chi connectivity index (χ1) is 7.91. The number of sulfone groups is 1. The Balaban J connectivity index is 1.96. The molecule has 2 saturated carbocycles. The van der Waals surface area contributed by atoms with Crippen LogP contribution >= 0.6 is 0 Å². The van der Waals surface area contributed by atoms with Crippen molar-refractivity contribution in [2.75, 3.05) is 13.3 Å². The zero-order chi connectivity index (χ0) is 12.6. The second-order valence-electron chi connectivity index (χ2n) is 6.10. The van der Waals surface area contributed by atoms with Crippen molar-refractivity contribution in [2.24, 2.45) is 17.8 Å². The van der Waals surface area contributed by atoms with Crippen LogP contribution in [-0.4, -0.2) is 33.0 Å².